The van der Waals surface area contributed by atoms with E-state index < -0.39 is 5.91 Å². The van der Waals surface area contributed by atoms with Crippen LogP contribution in [0.1, 0.15) is 33.5 Å². The van der Waals surface area contributed by atoms with Crippen LogP contribution in [-0.4, -0.2) is 18.1 Å². The maximum Gasteiger partial charge on any atom is 0.280 e. The van der Waals surface area contributed by atoms with Crippen molar-refractivity contribution in [3.8, 4) is 0 Å². The van der Waals surface area contributed by atoms with E-state index in [1.807, 2.05) is 24.3 Å². The normalized spacial score (nSPS) is 13.0. The minimum Gasteiger partial charge on any atom is -0.370 e. The second-order valence-electron chi connectivity index (χ2n) is 5.57. The van der Waals surface area contributed by atoms with Crippen LogP contribution < -0.4 is 11.5 Å². The van der Waals surface area contributed by atoms with Gasteiger partial charge in [-0.2, -0.15) is 4.99 Å². The number of nitrogens with zero attached hydrogens (tertiary/aromatic N) is 1. The first kappa shape index (κ1) is 16.3. The Bertz CT molecular complexity index is 851. The van der Waals surface area contributed by atoms with Crippen molar-refractivity contribution in [2.75, 3.05) is 6.26 Å². The van der Waals surface area contributed by atoms with Crippen molar-refractivity contribution < 1.29 is 4.79 Å². The van der Waals surface area contributed by atoms with Gasteiger partial charge in [-0.15, -0.1) is 11.8 Å². The van der Waals surface area contributed by atoms with Crippen molar-refractivity contribution in [2.24, 2.45) is 16.5 Å². The first-order chi connectivity index (χ1) is 11.6. The molecule has 4 N–H and O–H groups in total. The number of nitrogens with two attached hydrogens (primary N) is 2. The highest BCUT2D eigenvalue weighted by Crippen LogP contribution is 2.36. The Morgan fingerprint density at radius 2 is 1.92 bits per heavy atom. The summed E-state index contributed by atoms with van der Waals surface area (Å²) in [6, 6.07) is 14.0. The fourth-order valence-corrected chi connectivity index (χ4v) is 3.58. The number of carbonyl (C=O) groups excluding carboxylic acids is 1. The quantitative estimate of drug-likeness (QED) is 0.512. The second kappa shape index (κ2) is 6.93. The van der Waals surface area contributed by atoms with E-state index in [4.69, 9.17) is 11.5 Å². The monoisotopic (exact) mass is 337 g/mol. The molecule has 0 spiro atoms. The summed E-state index contributed by atoms with van der Waals surface area (Å²) in [5, 5.41) is 0. The first-order valence-corrected chi connectivity index (χ1v) is 8.93. The minimum absolute atomic E-state index is 0.221. The lowest BCUT2D eigenvalue weighted by Gasteiger charge is -2.20. The summed E-state index contributed by atoms with van der Waals surface area (Å²) in [5.41, 5.74) is 15.8. The third-order valence-corrected chi connectivity index (χ3v) is 4.83. The first-order valence-electron chi connectivity index (χ1n) is 7.71. The van der Waals surface area contributed by atoms with Gasteiger partial charge in [0.05, 0.1) is 0 Å². The molecule has 0 atom stereocenters. The Labute approximate surface area is 145 Å². The number of hydrogen-bond donors (Lipinski definition) is 2. The van der Waals surface area contributed by atoms with Crippen molar-refractivity contribution in [3.63, 3.8) is 0 Å². The van der Waals surface area contributed by atoms with E-state index in [2.05, 4.69) is 29.5 Å². The van der Waals surface area contributed by atoms with Gasteiger partial charge in [0, 0.05) is 10.5 Å². The number of amides is 1. The lowest BCUT2D eigenvalue weighted by molar-refractivity contribution is 0.100. The summed E-state index contributed by atoms with van der Waals surface area (Å²) >= 11 is 1.72. The summed E-state index contributed by atoms with van der Waals surface area (Å²) in [7, 11) is 0. The number of rotatable bonds is 3. The molecule has 3 rings (SSSR count). The van der Waals surface area contributed by atoms with Crippen molar-refractivity contribution >= 4 is 29.2 Å². The number of guanidine groups is 1. The highest BCUT2D eigenvalue weighted by Gasteiger charge is 2.18. The average Bonchev–Trinajstić information content (AvgIpc) is 2.60. The van der Waals surface area contributed by atoms with Crippen LogP contribution in [-0.2, 0) is 6.42 Å². The van der Waals surface area contributed by atoms with Crippen molar-refractivity contribution in [2.45, 2.75) is 17.7 Å². The van der Waals surface area contributed by atoms with Gasteiger partial charge in [-0.05, 0) is 59.6 Å². The molecule has 0 heterocycles. The molecule has 0 fully saturated rings. The molecule has 0 aliphatic heterocycles. The van der Waals surface area contributed by atoms with E-state index in [0.717, 1.165) is 18.4 Å². The Kier molecular flexibility index (Phi) is 4.71. The van der Waals surface area contributed by atoms with Crippen LogP contribution in [0.25, 0.3) is 5.57 Å². The molecule has 1 aliphatic carbocycles. The van der Waals surface area contributed by atoms with Gasteiger partial charge in [0.15, 0.2) is 5.96 Å². The Morgan fingerprint density at radius 3 is 2.67 bits per heavy atom. The number of thioether (sulfide) groups is 1. The number of allylic oxidation sites excluding steroid dienone is 1. The summed E-state index contributed by atoms with van der Waals surface area (Å²) in [6.45, 7) is 0. The minimum atomic E-state index is -0.416. The molecule has 5 heteroatoms. The third kappa shape index (κ3) is 3.21. The standard InChI is InChI=1S/C19H19N3OS/c1-24-17-8-3-2-6-15(17)14-7-4-5-12-9-10-13(11-16(12)14)18(23)22-19(20)21/h2-3,6-11H,4-5H2,1H3,(H4,20,21,22,23). The fraction of sp³-hybridized carbons (Fsp3) is 0.158. The molecule has 1 aliphatic rings. The molecule has 4 nitrogen and oxygen atoms in total. The van der Waals surface area contributed by atoms with Crippen LogP contribution >= 0.6 is 11.8 Å². The molecule has 2 aromatic carbocycles. The Hall–Kier alpha value is -2.53. The number of fused-ring (bicyclic) bond motifs is 1. The highest BCUT2D eigenvalue weighted by molar-refractivity contribution is 7.98. The van der Waals surface area contributed by atoms with E-state index in [1.165, 1.54) is 21.6 Å². The number of aryl methyl sites for hydroxylation is 1. The van der Waals surface area contributed by atoms with E-state index in [0.29, 0.717) is 5.56 Å². The van der Waals surface area contributed by atoms with Crippen LogP contribution in [0.15, 0.2) is 58.4 Å². The van der Waals surface area contributed by atoms with Crippen molar-refractivity contribution in [1.82, 2.24) is 0 Å². The van der Waals surface area contributed by atoms with Crippen LogP contribution in [0.5, 0.6) is 0 Å². The SMILES string of the molecule is CSc1ccccc1C1=CCCc2ccc(C(=O)N=C(N)N)cc21. The molecule has 0 bridgehead atoms. The summed E-state index contributed by atoms with van der Waals surface area (Å²) in [4.78, 5) is 17.0. The maximum atomic E-state index is 12.1. The number of benzene rings is 2. The predicted octanol–water partition coefficient (Wildman–Crippen LogP) is 3.20. The van der Waals surface area contributed by atoms with Gasteiger partial charge < -0.3 is 11.5 Å². The Balaban J connectivity index is 2.09. The molecule has 2 aromatic rings. The van der Waals surface area contributed by atoms with Gasteiger partial charge in [0.2, 0.25) is 0 Å². The van der Waals surface area contributed by atoms with E-state index in [9.17, 15) is 4.79 Å². The zero-order valence-electron chi connectivity index (χ0n) is 13.5. The Morgan fingerprint density at radius 1 is 1.12 bits per heavy atom. The molecule has 0 aromatic heterocycles. The van der Waals surface area contributed by atoms with Crippen LogP contribution in [0.4, 0.5) is 0 Å². The topological polar surface area (TPSA) is 81.5 Å². The molecule has 122 valence electrons. The van der Waals surface area contributed by atoms with E-state index in [1.54, 1.807) is 17.8 Å². The summed E-state index contributed by atoms with van der Waals surface area (Å²) < 4.78 is 0. The molecule has 0 radical (unpaired) electrons. The maximum absolute atomic E-state index is 12.1. The smallest absolute Gasteiger partial charge is 0.280 e. The zero-order chi connectivity index (χ0) is 17.1. The predicted molar refractivity (Wildman–Crippen MR) is 100 cm³/mol. The van der Waals surface area contributed by atoms with Gasteiger partial charge in [0.1, 0.15) is 0 Å². The largest absolute Gasteiger partial charge is 0.370 e. The third-order valence-electron chi connectivity index (χ3n) is 4.04. The molecule has 0 saturated carbocycles. The molecule has 24 heavy (non-hydrogen) atoms. The van der Waals surface area contributed by atoms with Crippen LogP contribution in [0.3, 0.4) is 0 Å². The van der Waals surface area contributed by atoms with E-state index in [-0.39, 0.29) is 5.96 Å². The lowest BCUT2D eigenvalue weighted by Crippen LogP contribution is -2.24. The molecule has 0 saturated heterocycles. The van der Waals surface area contributed by atoms with Crippen molar-refractivity contribution in [1.29, 1.82) is 0 Å². The van der Waals surface area contributed by atoms with Gasteiger partial charge in [0.25, 0.3) is 5.91 Å². The second-order valence-corrected chi connectivity index (χ2v) is 6.42. The van der Waals surface area contributed by atoms with Gasteiger partial charge >= 0.3 is 0 Å². The van der Waals surface area contributed by atoms with Crippen LogP contribution in [0, 0.1) is 0 Å². The molecular formula is C19H19N3OS. The van der Waals surface area contributed by atoms with Crippen molar-refractivity contribution in [3.05, 3.63) is 70.8 Å². The summed E-state index contributed by atoms with van der Waals surface area (Å²) in [6.07, 6.45) is 6.28. The number of carbonyl (C=O) groups is 1. The molecule has 0 unspecified atom stereocenters. The zero-order valence-corrected chi connectivity index (χ0v) is 14.3. The molecular weight excluding hydrogens is 318 g/mol. The number of aliphatic imine (C=N–C) groups is 1. The average molecular weight is 337 g/mol. The van der Waals surface area contributed by atoms with Crippen LogP contribution in [0.2, 0.25) is 0 Å². The van der Waals surface area contributed by atoms with Gasteiger partial charge in [-0.3, -0.25) is 4.79 Å². The summed E-state index contributed by atoms with van der Waals surface area (Å²) in [5.74, 6) is -0.637. The van der Waals surface area contributed by atoms with Gasteiger partial charge in [-0.1, -0.05) is 30.3 Å². The highest BCUT2D eigenvalue weighted by atomic mass is 32.2. The fourth-order valence-electron chi connectivity index (χ4n) is 2.96. The van der Waals surface area contributed by atoms with Gasteiger partial charge in [-0.25, -0.2) is 0 Å². The lowest BCUT2D eigenvalue weighted by atomic mass is 9.86. The van der Waals surface area contributed by atoms with E-state index >= 15 is 0 Å². The molecule has 1 amide bonds. The number of hydrogen-bond acceptors (Lipinski definition) is 2.